The number of rotatable bonds is 0. The Labute approximate surface area is 80.8 Å². The summed E-state index contributed by atoms with van der Waals surface area (Å²) < 4.78 is 2.34. The van der Waals surface area contributed by atoms with Gasteiger partial charge in [-0.15, -0.1) is 0 Å². The number of halogens is 2. The Morgan fingerprint density at radius 2 is 2.11 bits per heavy atom. The van der Waals surface area contributed by atoms with Gasteiger partial charge in [-0.3, -0.25) is 0 Å². The van der Waals surface area contributed by atoms with Crippen LogP contribution in [0, 0.1) is 0 Å². The Morgan fingerprint density at radius 1 is 1.44 bits per heavy atom. The van der Waals surface area contributed by atoms with Crippen LogP contribution < -0.4 is 3.58 Å². The van der Waals surface area contributed by atoms with Crippen LogP contribution >= 0.6 is 27.5 Å². The van der Waals surface area contributed by atoms with Gasteiger partial charge in [0.2, 0.25) is 0 Å². The normalized spacial score (nSPS) is 9.67. The number of benzene rings is 1. The van der Waals surface area contributed by atoms with Crippen molar-refractivity contribution >= 4 is 53.6 Å². The van der Waals surface area contributed by atoms with E-state index in [1.54, 1.807) is 0 Å². The molecule has 0 unspecified atom stereocenters. The molecule has 0 saturated carbocycles. The minimum absolute atomic E-state index is 0.785. The molecule has 0 aromatic heterocycles. The van der Waals surface area contributed by atoms with Crippen molar-refractivity contribution in [2.45, 2.75) is 0 Å². The second-order valence-corrected chi connectivity index (χ2v) is 4.84. The zero-order valence-corrected chi connectivity index (χ0v) is 10.2. The third-order valence-corrected chi connectivity index (χ3v) is 3.18. The van der Waals surface area contributed by atoms with Crippen LogP contribution in [0.25, 0.3) is 0 Å². The standard InChI is InChI=1S/C6H3BrCl.Sn.H/c7-5-3-1-2-4-6(5)8;;/h2-4H;;. The molecule has 46 valence electrons. The maximum atomic E-state index is 5.75. The number of hydrogen-bond acceptors (Lipinski definition) is 0. The van der Waals surface area contributed by atoms with Crippen molar-refractivity contribution < 1.29 is 0 Å². The molecule has 1 aromatic carbocycles. The Morgan fingerprint density at radius 3 is 2.56 bits per heavy atom. The van der Waals surface area contributed by atoms with Gasteiger partial charge in [-0.25, -0.2) is 0 Å². The zero-order chi connectivity index (χ0) is 6.85. The van der Waals surface area contributed by atoms with Gasteiger partial charge in [-0.2, -0.15) is 0 Å². The summed E-state index contributed by atoms with van der Waals surface area (Å²) in [4.78, 5) is 0. The molecule has 2 radical (unpaired) electrons. The SMILES string of the molecule is Clc1cc[c]([SnH])cc1Br. The van der Waals surface area contributed by atoms with E-state index < -0.39 is 0 Å². The van der Waals surface area contributed by atoms with Crippen LogP contribution in [0.4, 0.5) is 0 Å². The predicted octanol–water partition coefficient (Wildman–Crippen LogP) is 1.63. The van der Waals surface area contributed by atoms with E-state index in [4.69, 9.17) is 11.6 Å². The van der Waals surface area contributed by atoms with Crippen molar-refractivity contribution in [1.29, 1.82) is 0 Å². The molecule has 0 atom stereocenters. The van der Waals surface area contributed by atoms with Crippen LogP contribution in [0.5, 0.6) is 0 Å². The van der Waals surface area contributed by atoms with Gasteiger partial charge in [-0.05, 0) is 0 Å². The van der Waals surface area contributed by atoms with Crippen LogP contribution in [-0.2, 0) is 0 Å². The molecule has 0 nitrogen and oxygen atoms in total. The summed E-state index contributed by atoms with van der Waals surface area (Å²) in [7, 11) is 0. The van der Waals surface area contributed by atoms with E-state index in [1.807, 2.05) is 18.2 Å². The van der Waals surface area contributed by atoms with E-state index in [0.29, 0.717) is 0 Å². The first-order valence-electron chi connectivity index (χ1n) is 2.40. The first kappa shape index (κ1) is 7.89. The van der Waals surface area contributed by atoms with E-state index in [0.717, 1.165) is 32.0 Å². The van der Waals surface area contributed by atoms with Gasteiger partial charge in [0, 0.05) is 0 Å². The molecular weight excluding hydrogens is 306 g/mol. The van der Waals surface area contributed by atoms with Gasteiger partial charge in [0.05, 0.1) is 0 Å². The molecule has 1 rings (SSSR count). The van der Waals surface area contributed by atoms with Gasteiger partial charge >= 0.3 is 81.3 Å². The Balaban J connectivity index is 3.17. The maximum absolute atomic E-state index is 5.75. The molecule has 0 amide bonds. The average Bonchev–Trinajstić information content (AvgIpc) is 1.80. The Hall–Kier alpha value is 0.789. The second kappa shape index (κ2) is 3.26. The van der Waals surface area contributed by atoms with Crippen molar-refractivity contribution in [2.75, 3.05) is 0 Å². The third-order valence-electron chi connectivity index (χ3n) is 0.944. The first-order chi connectivity index (χ1) is 4.20. The molecule has 9 heavy (non-hydrogen) atoms. The van der Waals surface area contributed by atoms with Crippen molar-refractivity contribution in [3.63, 3.8) is 0 Å². The van der Waals surface area contributed by atoms with E-state index in [1.165, 1.54) is 3.58 Å². The molecule has 0 aliphatic rings. The van der Waals surface area contributed by atoms with E-state index in [2.05, 4.69) is 15.9 Å². The fourth-order valence-corrected chi connectivity index (χ4v) is 2.47. The van der Waals surface area contributed by atoms with Gasteiger partial charge in [0.25, 0.3) is 0 Å². The summed E-state index contributed by atoms with van der Waals surface area (Å²) in [5, 5.41) is 0.785. The van der Waals surface area contributed by atoms with Crippen LogP contribution in [0.3, 0.4) is 0 Å². The van der Waals surface area contributed by atoms with Crippen LogP contribution in [0.2, 0.25) is 5.02 Å². The van der Waals surface area contributed by atoms with Gasteiger partial charge < -0.3 is 0 Å². The van der Waals surface area contributed by atoms with Crippen LogP contribution in [-0.4, -0.2) is 22.5 Å². The molecule has 0 N–H and O–H groups in total. The van der Waals surface area contributed by atoms with E-state index in [-0.39, 0.29) is 0 Å². The molecule has 0 saturated heterocycles. The van der Waals surface area contributed by atoms with Gasteiger partial charge in [0.15, 0.2) is 0 Å². The first-order valence-corrected chi connectivity index (χ1v) is 5.22. The Bertz CT molecular complexity index is 224. The molecular formula is C6H4BrClSn. The molecule has 0 spiro atoms. The Kier molecular flexibility index (Phi) is 2.86. The quantitative estimate of drug-likeness (QED) is 0.639. The summed E-state index contributed by atoms with van der Waals surface area (Å²) in [5.74, 6) is 0. The molecule has 0 aliphatic carbocycles. The monoisotopic (exact) mass is 310 g/mol. The van der Waals surface area contributed by atoms with Crippen molar-refractivity contribution in [3.8, 4) is 0 Å². The van der Waals surface area contributed by atoms with Crippen molar-refractivity contribution in [3.05, 3.63) is 27.7 Å². The molecule has 0 fully saturated rings. The van der Waals surface area contributed by atoms with Crippen LogP contribution in [0.1, 0.15) is 0 Å². The fourth-order valence-electron chi connectivity index (χ4n) is 0.512. The van der Waals surface area contributed by atoms with E-state index >= 15 is 0 Å². The summed E-state index contributed by atoms with van der Waals surface area (Å²) in [6.07, 6.45) is 0. The van der Waals surface area contributed by atoms with Gasteiger partial charge in [-0.1, -0.05) is 0 Å². The van der Waals surface area contributed by atoms with Gasteiger partial charge in [0.1, 0.15) is 0 Å². The fraction of sp³-hybridized carbons (Fsp3) is 0. The van der Waals surface area contributed by atoms with Crippen LogP contribution in [0.15, 0.2) is 22.7 Å². The molecule has 1 aromatic rings. The summed E-state index contributed by atoms with van der Waals surface area (Å²) >= 11 is 10.2. The zero-order valence-electron chi connectivity index (χ0n) is 4.57. The summed E-state index contributed by atoms with van der Waals surface area (Å²) in [6.45, 7) is 0. The second-order valence-electron chi connectivity index (χ2n) is 1.67. The minimum atomic E-state index is 0.785. The third kappa shape index (κ3) is 2.13. The molecule has 0 bridgehead atoms. The predicted molar refractivity (Wildman–Crippen MR) is 45.9 cm³/mol. The summed E-state index contributed by atoms with van der Waals surface area (Å²) in [5.41, 5.74) is 0. The summed E-state index contributed by atoms with van der Waals surface area (Å²) in [6, 6.07) is 5.99. The van der Waals surface area contributed by atoms with Crippen molar-refractivity contribution in [2.24, 2.45) is 0 Å². The van der Waals surface area contributed by atoms with E-state index in [9.17, 15) is 0 Å². The molecule has 0 heterocycles. The number of hydrogen-bond donors (Lipinski definition) is 0. The molecule has 3 heteroatoms. The topological polar surface area (TPSA) is 0 Å². The molecule has 0 aliphatic heterocycles. The average molecular weight is 310 g/mol. The van der Waals surface area contributed by atoms with Crippen molar-refractivity contribution in [1.82, 2.24) is 0 Å².